The van der Waals surface area contributed by atoms with Gasteiger partial charge in [0.25, 0.3) is 11.8 Å². The molecule has 0 bridgehead atoms. The topological polar surface area (TPSA) is 132 Å². The second-order valence-electron chi connectivity index (χ2n) is 8.32. The maximum Gasteiger partial charge on any atom is 0.330 e. The highest BCUT2D eigenvalue weighted by Gasteiger charge is 2.26. The summed E-state index contributed by atoms with van der Waals surface area (Å²) in [5.41, 5.74) is 2.12. The van der Waals surface area contributed by atoms with Crippen LogP contribution in [0.1, 0.15) is 43.4 Å². The maximum absolute atomic E-state index is 13.1. The van der Waals surface area contributed by atoms with Crippen LogP contribution in [0.5, 0.6) is 5.75 Å². The molecule has 0 saturated carbocycles. The van der Waals surface area contributed by atoms with Crippen LogP contribution < -0.4 is 20.7 Å². The number of carbonyl (C=O) groups is 3. The molecule has 0 fully saturated rings. The molecule has 3 rings (SSSR count). The van der Waals surface area contributed by atoms with Gasteiger partial charge >= 0.3 is 5.97 Å². The molecule has 0 saturated heterocycles. The molecule has 10 nitrogen and oxygen atoms in total. The third kappa shape index (κ3) is 7.65. The fourth-order valence-electron chi connectivity index (χ4n) is 3.73. The SMILES string of the molecule is COC(=O)C(CNC(=O)c1cccs1)NC(=O)c1c(C)nc(NCCCc2cc(OC)ccc2Cl)nc1C. The van der Waals surface area contributed by atoms with E-state index in [1.807, 2.05) is 18.2 Å². The van der Waals surface area contributed by atoms with Gasteiger partial charge in [0.15, 0.2) is 0 Å². The lowest BCUT2D eigenvalue weighted by atomic mass is 10.1. The van der Waals surface area contributed by atoms with Crippen molar-refractivity contribution in [2.24, 2.45) is 0 Å². The molecule has 202 valence electrons. The number of nitrogens with one attached hydrogen (secondary N) is 3. The quantitative estimate of drug-likeness (QED) is 0.227. The van der Waals surface area contributed by atoms with Crippen molar-refractivity contribution >= 4 is 46.7 Å². The van der Waals surface area contributed by atoms with E-state index in [2.05, 4.69) is 25.9 Å². The van der Waals surface area contributed by atoms with Crippen molar-refractivity contribution in [3.63, 3.8) is 0 Å². The third-order valence-corrected chi connectivity index (χ3v) is 6.90. The monoisotopic (exact) mass is 559 g/mol. The van der Waals surface area contributed by atoms with Crippen molar-refractivity contribution in [1.82, 2.24) is 20.6 Å². The first-order chi connectivity index (χ1) is 18.2. The van der Waals surface area contributed by atoms with Gasteiger partial charge in [-0.25, -0.2) is 14.8 Å². The maximum atomic E-state index is 13.1. The summed E-state index contributed by atoms with van der Waals surface area (Å²) in [5, 5.41) is 10.9. The number of aryl methyl sites for hydroxylation is 3. The average Bonchev–Trinajstić information content (AvgIpc) is 3.44. The second-order valence-corrected chi connectivity index (χ2v) is 9.67. The number of aromatic nitrogens is 2. The number of benzene rings is 1. The lowest BCUT2D eigenvalue weighted by Gasteiger charge is -2.18. The van der Waals surface area contributed by atoms with E-state index in [1.54, 1.807) is 38.5 Å². The minimum Gasteiger partial charge on any atom is -0.497 e. The Morgan fingerprint density at radius 3 is 2.45 bits per heavy atom. The van der Waals surface area contributed by atoms with Gasteiger partial charge in [0.05, 0.1) is 36.0 Å². The van der Waals surface area contributed by atoms with Crippen LogP contribution in [-0.4, -0.2) is 61.1 Å². The van der Waals surface area contributed by atoms with E-state index in [4.69, 9.17) is 21.1 Å². The fraction of sp³-hybridized carbons (Fsp3) is 0.346. The molecule has 2 amide bonds. The van der Waals surface area contributed by atoms with E-state index in [9.17, 15) is 14.4 Å². The van der Waals surface area contributed by atoms with Gasteiger partial charge in [0.1, 0.15) is 11.8 Å². The van der Waals surface area contributed by atoms with Gasteiger partial charge in [-0.05, 0) is 61.9 Å². The third-order valence-electron chi connectivity index (χ3n) is 5.66. The number of carbonyl (C=O) groups excluding carboxylic acids is 3. The zero-order chi connectivity index (χ0) is 27.7. The van der Waals surface area contributed by atoms with Crippen LogP contribution in [0.4, 0.5) is 5.95 Å². The number of anilines is 1. The first kappa shape index (κ1) is 28.9. The number of nitrogens with zero attached hydrogens (tertiary/aromatic N) is 2. The lowest BCUT2D eigenvalue weighted by Crippen LogP contribution is -2.49. The Bertz CT molecular complexity index is 1260. The molecule has 0 spiro atoms. The highest BCUT2D eigenvalue weighted by Crippen LogP contribution is 2.23. The summed E-state index contributed by atoms with van der Waals surface area (Å²) in [5.74, 6) is -0.431. The van der Waals surface area contributed by atoms with Crippen LogP contribution in [0.15, 0.2) is 35.7 Å². The summed E-state index contributed by atoms with van der Waals surface area (Å²) < 4.78 is 10.1. The molecule has 3 N–H and O–H groups in total. The largest absolute Gasteiger partial charge is 0.497 e. The number of hydrogen-bond acceptors (Lipinski definition) is 9. The van der Waals surface area contributed by atoms with Crippen LogP contribution >= 0.6 is 22.9 Å². The first-order valence-corrected chi connectivity index (χ1v) is 13.1. The summed E-state index contributed by atoms with van der Waals surface area (Å²) in [6, 6.07) is 7.87. The molecule has 0 aliphatic rings. The molecular formula is C26H30ClN5O5S. The molecule has 38 heavy (non-hydrogen) atoms. The summed E-state index contributed by atoms with van der Waals surface area (Å²) in [6.07, 6.45) is 1.51. The van der Waals surface area contributed by atoms with Crippen molar-refractivity contribution in [1.29, 1.82) is 0 Å². The van der Waals surface area contributed by atoms with Crippen molar-refractivity contribution in [3.8, 4) is 5.75 Å². The van der Waals surface area contributed by atoms with Crippen molar-refractivity contribution in [3.05, 3.63) is 68.1 Å². The zero-order valence-corrected chi connectivity index (χ0v) is 23.2. The molecule has 1 aromatic carbocycles. The lowest BCUT2D eigenvalue weighted by molar-refractivity contribution is -0.142. The summed E-state index contributed by atoms with van der Waals surface area (Å²) in [4.78, 5) is 46.9. The van der Waals surface area contributed by atoms with Crippen LogP contribution in [0, 0.1) is 13.8 Å². The van der Waals surface area contributed by atoms with Crippen molar-refractivity contribution in [2.75, 3.05) is 32.6 Å². The van der Waals surface area contributed by atoms with Gasteiger partial charge in [0.2, 0.25) is 5.95 Å². The predicted octanol–water partition coefficient (Wildman–Crippen LogP) is 3.56. The smallest absolute Gasteiger partial charge is 0.330 e. The Morgan fingerprint density at radius 2 is 1.82 bits per heavy atom. The molecule has 3 aromatic rings. The molecule has 0 aliphatic heterocycles. The molecule has 12 heteroatoms. The number of methoxy groups -OCH3 is 2. The number of ether oxygens (including phenoxy) is 2. The van der Waals surface area contributed by atoms with Crippen LogP contribution in [0.2, 0.25) is 5.02 Å². The number of esters is 1. The Balaban J connectivity index is 1.60. The Hall–Kier alpha value is -3.70. The Morgan fingerprint density at radius 1 is 1.08 bits per heavy atom. The highest BCUT2D eigenvalue weighted by molar-refractivity contribution is 7.12. The highest BCUT2D eigenvalue weighted by atomic mass is 35.5. The summed E-state index contributed by atoms with van der Waals surface area (Å²) >= 11 is 7.54. The van der Waals surface area contributed by atoms with Crippen LogP contribution in [0.25, 0.3) is 0 Å². The number of amides is 2. The first-order valence-electron chi connectivity index (χ1n) is 11.8. The molecular weight excluding hydrogens is 530 g/mol. The molecule has 2 heterocycles. The standard InChI is InChI=1S/C26H30ClN5O5S/c1-15-22(24(34)32-20(25(35)37-4)14-29-23(33)21-8-6-12-38-21)16(2)31-26(30-15)28-11-5-7-17-13-18(36-3)9-10-19(17)27/h6,8-10,12-13,20H,5,7,11,14H2,1-4H3,(H,29,33)(H,32,34)(H,28,30,31). The van der Waals surface area contributed by atoms with Gasteiger partial charge in [-0.15, -0.1) is 11.3 Å². The van der Waals surface area contributed by atoms with Crippen LogP contribution in [-0.2, 0) is 16.0 Å². The minimum atomic E-state index is -1.09. The van der Waals surface area contributed by atoms with Gasteiger partial charge in [0, 0.05) is 18.1 Å². The molecule has 0 radical (unpaired) electrons. The second kappa shape index (κ2) is 13.7. The van der Waals surface area contributed by atoms with Crippen LogP contribution in [0.3, 0.4) is 0 Å². The molecule has 1 unspecified atom stereocenters. The van der Waals surface area contributed by atoms with Gasteiger partial charge in [-0.1, -0.05) is 17.7 Å². The van der Waals surface area contributed by atoms with E-state index in [0.717, 1.165) is 24.2 Å². The molecule has 1 atom stereocenters. The zero-order valence-electron chi connectivity index (χ0n) is 21.6. The van der Waals surface area contributed by atoms with Gasteiger partial charge in [-0.2, -0.15) is 0 Å². The van der Waals surface area contributed by atoms with Gasteiger partial charge < -0.3 is 25.4 Å². The average molecular weight is 560 g/mol. The molecule has 2 aromatic heterocycles. The predicted molar refractivity (Wildman–Crippen MR) is 146 cm³/mol. The number of thiophene rings is 1. The van der Waals surface area contributed by atoms with E-state index >= 15 is 0 Å². The van der Waals surface area contributed by atoms with E-state index in [0.29, 0.717) is 33.8 Å². The minimum absolute atomic E-state index is 0.134. The van der Waals surface area contributed by atoms with E-state index in [1.165, 1.54) is 18.4 Å². The molecule has 0 aliphatic carbocycles. The summed E-state index contributed by atoms with van der Waals surface area (Å²) in [7, 11) is 2.82. The van der Waals surface area contributed by atoms with E-state index in [-0.39, 0.29) is 18.0 Å². The van der Waals surface area contributed by atoms with E-state index < -0.39 is 17.9 Å². The Kier molecular flexibility index (Phi) is 10.4. The number of hydrogen-bond donors (Lipinski definition) is 3. The number of halogens is 1. The number of rotatable bonds is 12. The fourth-order valence-corrected chi connectivity index (χ4v) is 4.58. The van der Waals surface area contributed by atoms with Crippen molar-refractivity contribution in [2.45, 2.75) is 32.7 Å². The summed E-state index contributed by atoms with van der Waals surface area (Å²) in [6.45, 7) is 3.84. The van der Waals surface area contributed by atoms with Crippen molar-refractivity contribution < 1.29 is 23.9 Å². The van der Waals surface area contributed by atoms with Gasteiger partial charge in [-0.3, -0.25) is 9.59 Å². The Labute approximate surface area is 230 Å². The normalized spacial score (nSPS) is 11.4.